The topological polar surface area (TPSA) is 146 Å². The third-order valence-electron chi connectivity index (χ3n) is 8.57. The zero-order chi connectivity index (χ0) is 35.7. The van der Waals surface area contributed by atoms with Crippen LogP contribution in [0.15, 0.2) is 71.6 Å². The fourth-order valence-electron chi connectivity index (χ4n) is 5.71. The highest BCUT2D eigenvalue weighted by molar-refractivity contribution is 7.92. The molecule has 0 fully saturated rings. The smallest absolute Gasteiger partial charge is 0.335 e. The van der Waals surface area contributed by atoms with E-state index in [1.807, 2.05) is 20.9 Å². The summed E-state index contributed by atoms with van der Waals surface area (Å²) in [7, 11) is -2.02. The van der Waals surface area contributed by atoms with Crippen LogP contribution in [0.5, 0.6) is 5.75 Å². The molecule has 3 aromatic rings. The van der Waals surface area contributed by atoms with Crippen LogP contribution in [0.25, 0.3) is 0 Å². The van der Waals surface area contributed by atoms with Crippen LogP contribution in [0.3, 0.4) is 0 Å². The average molecular weight is 716 g/mol. The number of fused-ring (bicyclic) bond motifs is 1. The highest BCUT2D eigenvalue weighted by Crippen LogP contribution is 2.30. The van der Waals surface area contributed by atoms with E-state index in [1.54, 1.807) is 48.2 Å². The molecule has 0 saturated carbocycles. The number of hydrogen-bond acceptors (Lipinski definition) is 8. The lowest BCUT2D eigenvalue weighted by molar-refractivity contribution is -0.0177. The molecule has 49 heavy (non-hydrogen) atoms. The predicted octanol–water partition coefficient (Wildman–Crippen LogP) is 5.77. The number of carboxylic acids is 1. The van der Waals surface area contributed by atoms with Gasteiger partial charge in [0.25, 0.3) is 15.9 Å². The molecule has 0 bridgehead atoms. The minimum atomic E-state index is -3.99. The molecule has 1 amide bonds. The molecule has 4 atom stereocenters. The molecule has 0 aliphatic carbocycles. The number of nitrogens with zero attached hydrogens (tertiary/aromatic N) is 2. The van der Waals surface area contributed by atoms with E-state index in [0.717, 1.165) is 18.4 Å². The number of benzene rings is 3. The largest absolute Gasteiger partial charge is 0.490 e. The maximum absolute atomic E-state index is 14.4. The van der Waals surface area contributed by atoms with Gasteiger partial charge in [-0.25, -0.2) is 13.2 Å². The maximum Gasteiger partial charge on any atom is 0.335 e. The number of anilines is 1. The van der Waals surface area contributed by atoms with Crippen molar-refractivity contribution in [2.24, 2.45) is 5.92 Å². The number of aliphatic hydroxyl groups excluding tert-OH is 1. The van der Waals surface area contributed by atoms with Crippen LogP contribution in [0.1, 0.15) is 66.3 Å². The Morgan fingerprint density at radius 1 is 1.08 bits per heavy atom. The summed E-state index contributed by atoms with van der Waals surface area (Å²) in [5.41, 5.74) is 1.54. The summed E-state index contributed by atoms with van der Waals surface area (Å²) in [6, 6.07) is 16.6. The molecule has 13 heteroatoms. The lowest BCUT2D eigenvalue weighted by atomic mass is 10.0. The highest BCUT2D eigenvalue weighted by Gasteiger charge is 2.31. The molecule has 0 unspecified atom stereocenters. The molecule has 0 spiro atoms. The van der Waals surface area contributed by atoms with Crippen molar-refractivity contribution in [1.82, 2.24) is 9.80 Å². The van der Waals surface area contributed by atoms with Crippen LogP contribution >= 0.6 is 11.6 Å². The summed E-state index contributed by atoms with van der Waals surface area (Å²) in [5.74, 6) is -1.22. The van der Waals surface area contributed by atoms with E-state index < -0.39 is 27.9 Å². The van der Waals surface area contributed by atoms with Gasteiger partial charge in [-0.15, -0.1) is 0 Å². The second-order valence-corrected chi connectivity index (χ2v) is 14.9. The Bertz CT molecular complexity index is 1670. The molecule has 4 rings (SSSR count). The Morgan fingerprint density at radius 2 is 1.78 bits per heavy atom. The average Bonchev–Trinajstić information content (AvgIpc) is 3.06. The van der Waals surface area contributed by atoms with Crippen molar-refractivity contribution in [3.8, 4) is 5.75 Å². The van der Waals surface area contributed by atoms with Gasteiger partial charge in [-0.2, -0.15) is 0 Å². The highest BCUT2D eigenvalue weighted by atomic mass is 35.5. The molecule has 0 saturated heterocycles. The van der Waals surface area contributed by atoms with E-state index >= 15 is 0 Å². The minimum absolute atomic E-state index is 0.0193. The number of ether oxygens (including phenoxy) is 2. The number of hydrogen-bond donors (Lipinski definition) is 3. The van der Waals surface area contributed by atoms with E-state index in [0.29, 0.717) is 36.9 Å². The van der Waals surface area contributed by atoms with Crippen LogP contribution in [-0.4, -0.2) is 91.9 Å². The first-order valence-corrected chi connectivity index (χ1v) is 18.3. The van der Waals surface area contributed by atoms with E-state index in [1.165, 1.54) is 30.3 Å². The van der Waals surface area contributed by atoms with Gasteiger partial charge in [0.15, 0.2) is 0 Å². The molecule has 3 aromatic carbocycles. The number of carbonyl (C=O) groups is 2. The van der Waals surface area contributed by atoms with Gasteiger partial charge in [-0.3, -0.25) is 14.4 Å². The first kappa shape index (κ1) is 38.1. The molecule has 0 radical (unpaired) electrons. The summed E-state index contributed by atoms with van der Waals surface area (Å²) < 4.78 is 41.6. The number of likely N-dealkylation sites (N-methyl/N-ethyl adjacent to an activating group) is 1. The fourth-order valence-corrected chi connectivity index (χ4v) is 6.89. The van der Waals surface area contributed by atoms with Crippen molar-refractivity contribution in [2.45, 2.75) is 69.7 Å². The van der Waals surface area contributed by atoms with Gasteiger partial charge in [0.2, 0.25) is 0 Å². The first-order valence-electron chi connectivity index (χ1n) is 16.4. The van der Waals surface area contributed by atoms with E-state index in [4.69, 9.17) is 21.1 Å². The standard InChI is InChI=1S/C36H46ClN3O8S/c1-24-20-40(25(2)23-41)35(42)32-19-30(38-49(45,46)31-15-12-29(37)13-16-31)14-17-33(32)48-26(3)7-5-6-18-47-34(24)22-39(4)21-27-8-10-28(11-9-27)36(43)44/h8-17,19,24-26,34,38,41H,5-7,18,20-23H2,1-4H3,(H,43,44)/t24-,25-,26-,34+/m0/s1. The molecule has 11 nitrogen and oxygen atoms in total. The lowest BCUT2D eigenvalue weighted by Crippen LogP contribution is -2.47. The van der Waals surface area contributed by atoms with Crippen molar-refractivity contribution < 1.29 is 37.7 Å². The minimum Gasteiger partial charge on any atom is -0.490 e. The van der Waals surface area contributed by atoms with Crippen LogP contribution < -0.4 is 9.46 Å². The van der Waals surface area contributed by atoms with Gasteiger partial charge in [-0.1, -0.05) is 30.7 Å². The summed E-state index contributed by atoms with van der Waals surface area (Å²) in [4.78, 5) is 29.4. The quantitative estimate of drug-likeness (QED) is 0.238. The molecule has 1 heterocycles. The number of rotatable bonds is 10. The fraction of sp³-hybridized carbons (Fsp3) is 0.444. The molecular formula is C36H46ClN3O8S. The van der Waals surface area contributed by atoms with Crippen LogP contribution in [0.2, 0.25) is 5.02 Å². The van der Waals surface area contributed by atoms with Crippen molar-refractivity contribution in [3.63, 3.8) is 0 Å². The lowest BCUT2D eigenvalue weighted by Gasteiger charge is -2.36. The maximum atomic E-state index is 14.4. The summed E-state index contributed by atoms with van der Waals surface area (Å²) in [5, 5.41) is 19.9. The van der Waals surface area contributed by atoms with Crippen molar-refractivity contribution in [1.29, 1.82) is 0 Å². The number of aromatic carboxylic acids is 1. The number of carbonyl (C=O) groups excluding carboxylic acids is 1. The van der Waals surface area contributed by atoms with E-state index in [2.05, 4.69) is 9.62 Å². The monoisotopic (exact) mass is 715 g/mol. The zero-order valence-corrected chi connectivity index (χ0v) is 29.9. The van der Waals surface area contributed by atoms with Crippen LogP contribution in [-0.2, 0) is 21.3 Å². The Kier molecular flexibility index (Phi) is 13.5. The summed E-state index contributed by atoms with van der Waals surface area (Å²) in [6.07, 6.45) is 1.86. The van der Waals surface area contributed by atoms with Crippen molar-refractivity contribution in [3.05, 3.63) is 88.4 Å². The zero-order valence-electron chi connectivity index (χ0n) is 28.3. The first-order chi connectivity index (χ1) is 23.3. The van der Waals surface area contributed by atoms with Gasteiger partial charge in [0, 0.05) is 42.9 Å². The van der Waals surface area contributed by atoms with Crippen LogP contribution in [0, 0.1) is 5.92 Å². The molecule has 1 aliphatic heterocycles. The van der Waals surface area contributed by atoms with Crippen molar-refractivity contribution in [2.75, 3.05) is 38.1 Å². The Labute approximate surface area is 293 Å². The third-order valence-corrected chi connectivity index (χ3v) is 10.2. The number of aliphatic hydroxyl groups is 1. The van der Waals surface area contributed by atoms with E-state index in [9.17, 15) is 28.2 Å². The molecule has 266 valence electrons. The Morgan fingerprint density at radius 3 is 2.43 bits per heavy atom. The van der Waals surface area contributed by atoms with Crippen molar-refractivity contribution >= 4 is 39.2 Å². The Hall–Kier alpha value is -3.68. The number of sulfonamides is 1. The second kappa shape index (κ2) is 17.3. The molecular weight excluding hydrogens is 670 g/mol. The SMILES string of the molecule is C[C@H]1CCCCO[C@H](CN(C)Cc2ccc(C(=O)O)cc2)[C@@H](C)CN([C@@H](C)CO)C(=O)c2cc(NS(=O)(=O)c3ccc(Cl)cc3)ccc2O1. The normalized spacial score (nSPS) is 20.2. The molecule has 0 aromatic heterocycles. The van der Waals surface area contributed by atoms with Gasteiger partial charge >= 0.3 is 5.97 Å². The molecule has 1 aliphatic rings. The number of nitrogens with one attached hydrogen (secondary N) is 1. The third kappa shape index (κ3) is 10.7. The summed E-state index contributed by atoms with van der Waals surface area (Å²) in [6.45, 7) is 7.30. The van der Waals surface area contributed by atoms with E-state index in [-0.39, 0.29) is 53.0 Å². The van der Waals surface area contributed by atoms with Gasteiger partial charge in [0.1, 0.15) is 5.75 Å². The predicted molar refractivity (Wildman–Crippen MR) is 189 cm³/mol. The number of amides is 1. The van der Waals surface area contributed by atoms with Gasteiger partial charge in [-0.05, 0) is 100 Å². The number of halogens is 1. The van der Waals surface area contributed by atoms with Gasteiger partial charge in [0.05, 0.1) is 40.9 Å². The molecule has 3 N–H and O–H groups in total. The summed E-state index contributed by atoms with van der Waals surface area (Å²) >= 11 is 5.95. The van der Waals surface area contributed by atoms with Gasteiger partial charge < -0.3 is 24.6 Å². The Balaban J connectivity index is 1.62. The van der Waals surface area contributed by atoms with Crippen LogP contribution in [0.4, 0.5) is 5.69 Å². The second-order valence-electron chi connectivity index (χ2n) is 12.8. The number of carboxylic acid groups (broad SMARTS) is 1.